The molecule has 0 spiro atoms. The third-order valence-electron chi connectivity index (χ3n) is 5.65. The van der Waals surface area contributed by atoms with Gasteiger partial charge in [-0.05, 0) is 60.0 Å². The minimum atomic E-state index is -0.525. The first-order valence-corrected chi connectivity index (χ1v) is 11.9. The van der Waals surface area contributed by atoms with Crippen molar-refractivity contribution in [2.45, 2.75) is 36.3 Å². The molecule has 8 nitrogen and oxygen atoms in total. The lowest BCUT2D eigenvalue weighted by Crippen LogP contribution is -2.31. The summed E-state index contributed by atoms with van der Waals surface area (Å²) < 4.78 is 0. The maximum absolute atomic E-state index is 13.0. The van der Waals surface area contributed by atoms with Crippen LogP contribution in [0.5, 0.6) is 0 Å². The molecular weight excluding hydrogens is 466 g/mol. The lowest BCUT2D eigenvalue weighted by Gasteiger charge is -2.16. The molecule has 3 aromatic rings. The van der Waals surface area contributed by atoms with Gasteiger partial charge in [-0.1, -0.05) is 26.0 Å². The summed E-state index contributed by atoms with van der Waals surface area (Å²) in [6.07, 6.45) is 0.119. The van der Waals surface area contributed by atoms with Gasteiger partial charge in [-0.2, -0.15) is 0 Å². The van der Waals surface area contributed by atoms with Crippen molar-refractivity contribution in [1.82, 2.24) is 0 Å². The summed E-state index contributed by atoms with van der Waals surface area (Å²) >= 11 is 1.31. The van der Waals surface area contributed by atoms with Crippen LogP contribution in [0.2, 0.25) is 0 Å². The first-order chi connectivity index (χ1) is 16.7. The van der Waals surface area contributed by atoms with E-state index in [1.165, 1.54) is 40.9 Å². The van der Waals surface area contributed by atoms with Crippen LogP contribution in [0.15, 0.2) is 77.7 Å². The third-order valence-corrected chi connectivity index (χ3v) is 6.85. The molecule has 1 heterocycles. The number of carbonyl (C=O) groups excluding carboxylic acids is 3. The molecular formula is C26H23N3O5S. The number of benzene rings is 3. The Bertz CT molecular complexity index is 1270. The van der Waals surface area contributed by atoms with Gasteiger partial charge in [0.1, 0.15) is 0 Å². The molecule has 1 aliphatic rings. The van der Waals surface area contributed by atoms with E-state index in [0.29, 0.717) is 22.9 Å². The van der Waals surface area contributed by atoms with Gasteiger partial charge in [0.15, 0.2) is 0 Å². The van der Waals surface area contributed by atoms with E-state index in [1.807, 2.05) is 12.1 Å². The fourth-order valence-electron chi connectivity index (χ4n) is 3.69. The van der Waals surface area contributed by atoms with Crippen LogP contribution in [0.25, 0.3) is 0 Å². The first kappa shape index (κ1) is 24.2. The van der Waals surface area contributed by atoms with Gasteiger partial charge in [-0.25, -0.2) is 4.90 Å². The maximum Gasteiger partial charge on any atom is 0.269 e. The van der Waals surface area contributed by atoms with E-state index in [4.69, 9.17) is 0 Å². The molecule has 0 aliphatic carbocycles. The van der Waals surface area contributed by atoms with Gasteiger partial charge in [-0.15, -0.1) is 11.8 Å². The molecule has 3 aromatic carbocycles. The molecule has 1 N–H and O–H groups in total. The van der Waals surface area contributed by atoms with Crippen molar-refractivity contribution in [3.63, 3.8) is 0 Å². The van der Waals surface area contributed by atoms with Crippen LogP contribution in [0.1, 0.15) is 42.1 Å². The molecule has 1 fully saturated rings. The number of hydrogen-bond acceptors (Lipinski definition) is 6. The Labute approximate surface area is 206 Å². The van der Waals surface area contributed by atoms with E-state index >= 15 is 0 Å². The summed E-state index contributed by atoms with van der Waals surface area (Å²) in [5.74, 6) is -0.500. The fourth-order valence-corrected chi connectivity index (χ4v) is 4.75. The minimum Gasteiger partial charge on any atom is -0.322 e. The van der Waals surface area contributed by atoms with E-state index in [1.54, 1.807) is 36.4 Å². The predicted molar refractivity (Wildman–Crippen MR) is 135 cm³/mol. The highest BCUT2D eigenvalue weighted by Gasteiger charge is 2.40. The van der Waals surface area contributed by atoms with Crippen molar-refractivity contribution in [3.8, 4) is 0 Å². The Balaban J connectivity index is 1.38. The fraction of sp³-hybridized carbons (Fsp3) is 0.192. The second kappa shape index (κ2) is 10.1. The van der Waals surface area contributed by atoms with Crippen molar-refractivity contribution in [3.05, 3.63) is 94.0 Å². The topological polar surface area (TPSA) is 110 Å². The van der Waals surface area contributed by atoms with E-state index in [2.05, 4.69) is 19.2 Å². The number of amides is 3. The van der Waals surface area contributed by atoms with Crippen molar-refractivity contribution >= 4 is 46.5 Å². The van der Waals surface area contributed by atoms with E-state index in [-0.39, 0.29) is 23.9 Å². The van der Waals surface area contributed by atoms with Crippen molar-refractivity contribution in [2.24, 2.45) is 0 Å². The summed E-state index contributed by atoms with van der Waals surface area (Å²) in [4.78, 5) is 50.2. The molecule has 0 saturated carbocycles. The second-order valence-corrected chi connectivity index (χ2v) is 9.68. The van der Waals surface area contributed by atoms with E-state index in [9.17, 15) is 24.5 Å². The Morgan fingerprint density at radius 2 is 1.63 bits per heavy atom. The zero-order valence-corrected chi connectivity index (χ0v) is 20.0. The Morgan fingerprint density at radius 3 is 2.20 bits per heavy atom. The number of imide groups is 1. The lowest BCUT2D eigenvalue weighted by molar-refractivity contribution is -0.384. The molecule has 3 amide bonds. The van der Waals surface area contributed by atoms with Crippen LogP contribution < -0.4 is 10.2 Å². The highest BCUT2D eigenvalue weighted by molar-refractivity contribution is 8.00. The molecule has 4 rings (SSSR count). The number of carbonyl (C=O) groups is 3. The number of rotatable bonds is 7. The number of anilines is 2. The molecule has 1 unspecified atom stereocenters. The van der Waals surface area contributed by atoms with Gasteiger partial charge in [0.2, 0.25) is 11.8 Å². The van der Waals surface area contributed by atoms with Crippen LogP contribution in [0.3, 0.4) is 0 Å². The Kier molecular flexibility index (Phi) is 6.97. The maximum atomic E-state index is 13.0. The molecule has 9 heteroatoms. The first-order valence-electron chi connectivity index (χ1n) is 11.0. The van der Waals surface area contributed by atoms with Gasteiger partial charge >= 0.3 is 0 Å². The van der Waals surface area contributed by atoms with Gasteiger partial charge in [-0.3, -0.25) is 24.5 Å². The SMILES string of the molecule is CC(C)c1ccc(N2C(=O)CC(Sc3ccc(NC(=O)c4ccc([N+](=O)[O-])cc4)cc3)C2=O)cc1. The van der Waals surface area contributed by atoms with Gasteiger partial charge in [0, 0.05) is 34.7 Å². The number of non-ortho nitro benzene ring substituents is 1. The second-order valence-electron chi connectivity index (χ2n) is 8.41. The largest absolute Gasteiger partial charge is 0.322 e. The molecule has 0 radical (unpaired) electrons. The Hall–Kier alpha value is -3.98. The van der Waals surface area contributed by atoms with Crippen LogP contribution >= 0.6 is 11.8 Å². The molecule has 1 saturated heterocycles. The van der Waals surface area contributed by atoms with Gasteiger partial charge in [0.05, 0.1) is 15.9 Å². The monoisotopic (exact) mass is 489 g/mol. The van der Waals surface area contributed by atoms with Crippen LogP contribution in [-0.2, 0) is 9.59 Å². The zero-order chi connectivity index (χ0) is 25.1. The van der Waals surface area contributed by atoms with Crippen LogP contribution in [0.4, 0.5) is 17.1 Å². The quantitative estimate of drug-likeness (QED) is 0.271. The summed E-state index contributed by atoms with van der Waals surface area (Å²) in [5.41, 5.74) is 2.47. The number of nitrogens with one attached hydrogen (secondary N) is 1. The summed E-state index contributed by atoms with van der Waals surface area (Å²) in [7, 11) is 0. The van der Waals surface area contributed by atoms with E-state index in [0.717, 1.165) is 10.5 Å². The van der Waals surface area contributed by atoms with Crippen LogP contribution in [0, 0.1) is 10.1 Å². The number of nitrogens with zero attached hydrogens (tertiary/aromatic N) is 2. The normalized spacial score (nSPS) is 15.5. The average Bonchev–Trinajstić information content (AvgIpc) is 3.12. The zero-order valence-electron chi connectivity index (χ0n) is 19.1. The highest BCUT2D eigenvalue weighted by atomic mass is 32.2. The van der Waals surface area contributed by atoms with Gasteiger partial charge < -0.3 is 5.32 Å². The molecule has 1 atom stereocenters. The Morgan fingerprint density at radius 1 is 1.00 bits per heavy atom. The van der Waals surface area contributed by atoms with E-state index < -0.39 is 16.1 Å². The van der Waals surface area contributed by atoms with Crippen molar-refractivity contribution in [1.29, 1.82) is 0 Å². The summed E-state index contributed by atoms with van der Waals surface area (Å²) in [6.45, 7) is 4.17. The number of nitro benzene ring substituents is 1. The smallest absolute Gasteiger partial charge is 0.269 e. The van der Waals surface area contributed by atoms with Crippen molar-refractivity contribution in [2.75, 3.05) is 10.2 Å². The number of hydrogen-bond donors (Lipinski definition) is 1. The molecule has 0 bridgehead atoms. The predicted octanol–water partition coefficient (Wildman–Crippen LogP) is 5.39. The minimum absolute atomic E-state index is 0.0889. The highest BCUT2D eigenvalue weighted by Crippen LogP contribution is 2.34. The average molecular weight is 490 g/mol. The molecule has 0 aromatic heterocycles. The van der Waals surface area contributed by atoms with Crippen molar-refractivity contribution < 1.29 is 19.3 Å². The standard InChI is InChI=1S/C26H23N3O5S/c1-16(2)17-3-9-20(10-4-17)28-24(30)15-23(26(28)32)35-22-13-7-19(8-14-22)27-25(31)18-5-11-21(12-6-18)29(33)34/h3-14,16,23H,15H2,1-2H3,(H,27,31). The number of nitro groups is 1. The molecule has 35 heavy (non-hydrogen) atoms. The molecule has 178 valence electrons. The van der Waals surface area contributed by atoms with Crippen LogP contribution in [-0.4, -0.2) is 27.9 Å². The lowest BCUT2D eigenvalue weighted by atomic mass is 10.0. The summed E-state index contributed by atoms with van der Waals surface area (Å²) in [6, 6.07) is 19.8. The summed E-state index contributed by atoms with van der Waals surface area (Å²) in [5, 5.41) is 13.0. The molecule has 1 aliphatic heterocycles. The van der Waals surface area contributed by atoms with Gasteiger partial charge in [0.25, 0.3) is 11.6 Å². The number of thioether (sulfide) groups is 1. The third kappa shape index (κ3) is 5.41.